The highest BCUT2D eigenvalue weighted by atomic mass is 35.5. The summed E-state index contributed by atoms with van der Waals surface area (Å²) in [5.41, 5.74) is 4.33. The minimum Gasteiger partial charge on any atom is -0.482 e. The Labute approximate surface area is 212 Å². The number of nitrogens with zero attached hydrogens (tertiary/aromatic N) is 1. The molecule has 0 unspecified atom stereocenters. The lowest BCUT2D eigenvalue weighted by molar-refractivity contribution is -0.123. The van der Waals surface area contributed by atoms with Gasteiger partial charge in [0, 0.05) is 5.69 Å². The van der Waals surface area contributed by atoms with E-state index in [1.165, 1.54) is 4.90 Å². The predicted molar refractivity (Wildman–Crippen MR) is 139 cm³/mol. The third kappa shape index (κ3) is 6.32. The van der Waals surface area contributed by atoms with Gasteiger partial charge >= 0.3 is 0 Å². The summed E-state index contributed by atoms with van der Waals surface area (Å²) in [5, 5.41) is 2.75. The van der Waals surface area contributed by atoms with E-state index in [9.17, 15) is 14.4 Å². The van der Waals surface area contributed by atoms with Gasteiger partial charge < -0.3 is 10.1 Å². The zero-order valence-corrected chi connectivity index (χ0v) is 20.8. The van der Waals surface area contributed by atoms with Gasteiger partial charge in [0.1, 0.15) is 5.75 Å². The number of benzene rings is 3. The van der Waals surface area contributed by atoms with E-state index in [0.29, 0.717) is 26.9 Å². The van der Waals surface area contributed by atoms with Crippen molar-refractivity contribution in [2.45, 2.75) is 20.4 Å². The van der Waals surface area contributed by atoms with Crippen LogP contribution in [0.15, 0.2) is 71.6 Å². The number of hydrogen-bond donors (Lipinski definition) is 1. The number of thioether (sulfide) groups is 1. The summed E-state index contributed by atoms with van der Waals surface area (Å²) in [6, 6.07) is 20.1. The highest BCUT2D eigenvalue weighted by Crippen LogP contribution is 2.34. The molecule has 1 heterocycles. The fourth-order valence-corrected chi connectivity index (χ4v) is 4.65. The second kappa shape index (κ2) is 10.8. The third-order valence-corrected chi connectivity index (χ3v) is 6.41. The van der Waals surface area contributed by atoms with Crippen molar-refractivity contribution in [1.29, 1.82) is 0 Å². The summed E-state index contributed by atoms with van der Waals surface area (Å²) in [7, 11) is 0. The average Bonchev–Trinajstić information content (AvgIpc) is 3.06. The molecule has 1 aliphatic heterocycles. The van der Waals surface area contributed by atoms with E-state index in [1.54, 1.807) is 30.3 Å². The number of nitrogens with one attached hydrogen (secondary N) is 1. The second-order valence-corrected chi connectivity index (χ2v) is 9.55. The minimum atomic E-state index is -0.342. The molecule has 0 aliphatic carbocycles. The Bertz CT molecular complexity index is 1340. The first-order chi connectivity index (χ1) is 16.8. The lowest BCUT2D eigenvalue weighted by Crippen LogP contribution is -2.27. The van der Waals surface area contributed by atoms with Crippen molar-refractivity contribution < 1.29 is 19.1 Å². The van der Waals surface area contributed by atoms with E-state index in [-0.39, 0.29) is 30.2 Å². The van der Waals surface area contributed by atoms with Crippen molar-refractivity contribution in [3.63, 3.8) is 0 Å². The molecule has 0 saturated carbocycles. The number of anilines is 1. The van der Waals surface area contributed by atoms with Gasteiger partial charge in [0.15, 0.2) is 6.61 Å². The van der Waals surface area contributed by atoms with Gasteiger partial charge in [-0.25, -0.2) is 0 Å². The molecular formula is C27H23ClN2O4S. The van der Waals surface area contributed by atoms with Crippen LogP contribution in [0.4, 0.5) is 10.5 Å². The van der Waals surface area contributed by atoms with E-state index >= 15 is 0 Å². The number of hydrogen-bond acceptors (Lipinski definition) is 5. The molecule has 1 fully saturated rings. The minimum absolute atomic E-state index is 0.204. The van der Waals surface area contributed by atoms with Crippen molar-refractivity contribution in [2.75, 3.05) is 11.9 Å². The molecule has 0 radical (unpaired) electrons. The Morgan fingerprint density at radius 3 is 2.49 bits per heavy atom. The van der Waals surface area contributed by atoms with Gasteiger partial charge in [0.05, 0.1) is 16.5 Å². The molecular weight excluding hydrogens is 484 g/mol. The summed E-state index contributed by atoms with van der Waals surface area (Å²) in [5.74, 6) is -0.306. The van der Waals surface area contributed by atoms with Crippen LogP contribution in [0.25, 0.3) is 6.08 Å². The Hall–Kier alpha value is -3.55. The molecule has 8 heteroatoms. The van der Waals surface area contributed by atoms with E-state index in [2.05, 4.69) is 5.32 Å². The number of rotatable bonds is 7. The number of carbonyl (C=O) groups excluding carboxylic acids is 3. The topological polar surface area (TPSA) is 75.7 Å². The molecule has 4 rings (SSSR count). The van der Waals surface area contributed by atoms with Crippen molar-refractivity contribution >= 4 is 52.2 Å². The maximum absolute atomic E-state index is 12.8. The van der Waals surface area contributed by atoms with Crippen LogP contribution < -0.4 is 10.1 Å². The van der Waals surface area contributed by atoms with Crippen molar-refractivity contribution in [3.05, 3.63) is 98.9 Å². The Balaban J connectivity index is 1.39. The molecule has 3 aromatic carbocycles. The van der Waals surface area contributed by atoms with Gasteiger partial charge in [-0.2, -0.15) is 0 Å². The highest BCUT2D eigenvalue weighted by Gasteiger charge is 2.35. The Kier molecular flexibility index (Phi) is 7.58. The Morgan fingerprint density at radius 1 is 1.03 bits per heavy atom. The van der Waals surface area contributed by atoms with Crippen LogP contribution in [0.5, 0.6) is 5.75 Å². The number of aryl methyl sites for hydroxylation is 2. The monoisotopic (exact) mass is 506 g/mol. The third-order valence-electron chi connectivity index (χ3n) is 5.21. The summed E-state index contributed by atoms with van der Waals surface area (Å²) in [6.07, 6.45) is 1.63. The highest BCUT2D eigenvalue weighted by molar-refractivity contribution is 8.18. The van der Waals surface area contributed by atoms with Crippen molar-refractivity contribution in [3.8, 4) is 5.75 Å². The fourth-order valence-electron chi connectivity index (χ4n) is 3.57. The van der Waals surface area contributed by atoms with Crippen LogP contribution >= 0.6 is 23.4 Å². The predicted octanol–water partition coefficient (Wildman–Crippen LogP) is 6.21. The second-order valence-electron chi connectivity index (χ2n) is 8.15. The normalized spacial score (nSPS) is 14.5. The quantitative estimate of drug-likeness (QED) is 0.385. The molecule has 3 aromatic rings. The van der Waals surface area contributed by atoms with Gasteiger partial charge in [-0.1, -0.05) is 59.6 Å². The first-order valence-electron chi connectivity index (χ1n) is 10.9. The fraction of sp³-hybridized carbons (Fsp3) is 0.148. The maximum Gasteiger partial charge on any atom is 0.293 e. The van der Waals surface area contributed by atoms with Gasteiger partial charge in [-0.3, -0.25) is 19.3 Å². The molecule has 6 nitrogen and oxygen atoms in total. The van der Waals surface area contributed by atoms with Crippen LogP contribution in [0, 0.1) is 13.8 Å². The first kappa shape index (κ1) is 24.6. The van der Waals surface area contributed by atoms with Crippen LogP contribution in [0.2, 0.25) is 5.02 Å². The molecule has 0 atom stereocenters. The molecule has 35 heavy (non-hydrogen) atoms. The van der Waals surface area contributed by atoms with Gasteiger partial charge in [-0.15, -0.1) is 0 Å². The van der Waals surface area contributed by atoms with Gasteiger partial charge in [0.25, 0.3) is 17.1 Å². The Morgan fingerprint density at radius 2 is 1.77 bits per heavy atom. The lowest BCUT2D eigenvalue weighted by atomic mass is 10.1. The summed E-state index contributed by atoms with van der Waals surface area (Å²) < 4.78 is 5.56. The number of amides is 3. The number of ether oxygens (including phenoxy) is 1. The average molecular weight is 507 g/mol. The SMILES string of the molecule is Cc1cccc(CN2C(=O)S/C(=C\c3ccc(OCC(=O)Nc4cccc(C)c4)c(Cl)c3)C2=O)c1. The van der Waals surface area contributed by atoms with Gasteiger partial charge in [-0.05, 0) is 72.6 Å². The molecule has 3 amide bonds. The largest absolute Gasteiger partial charge is 0.482 e. The summed E-state index contributed by atoms with van der Waals surface area (Å²) in [6.45, 7) is 3.93. The van der Waals surface area contributed by atoms with Gasteiger partial charge in [0.2, 0.25) is 0 Å². The molecule has 0 bridgehead atoms. The molecule has 1 saturated heterocycles. The standard InChI is InChI=1S/C27H23ClN2O4S/c1-17-5-3-7-20(11-17)15-30-26(32)24(35-27(30)33)14-19-9-10-23(22(28)13-19)34-16-25(31)29-21-8-4-6-18(2)12-21/h3-14H,15-16H2,1-2H3,(H,29,31)/b24-14-. The summed E-state index contributed by atoms with van der Waals surface area (Å²) in [4.78, 5) is 39.0. The van der Waals surface area contributed by atoms with Crippen LogP contribution in [0.3, 0.4) is 0 Å². The lowest BCUT2D eigenvalue weighted by Gasteiger charge is -2.12. The first-order valence-corrected chi connectivity index (χ1v) is 12.1. The smallest absolute Gasteiger partial charge is 0.293 e. The maximum atomic E-state index is 12.8. The van der Waals surface area contributed by atoms with E-state index < -0.39 is 0 Å². The van der Waals surface area contributed by atoms with Crippen molar-refractivity contribution in [2.24, 2.45) is 0 Å². The van der Waals surface area contributed by atoms with Crippen LogP contribution in [-0.4, -0.2) is 28.6 Å². The molecule has 1 aliphatic rings. The number of imide groups is 1. The van der Waals surface area contributed by atoms with E-state index in [1.807, 2.05) is 56.3 Å². The zero-order valence-electron chi connectivity index (χ0n) is 19.2. The number of carbonyl (C=O) groups is 3. The molecule has 1 N–H and O–H groups in total. The van der Waals surface area contributed by atoms with Crippen LogP contribution in [-0.2, 0) is 16.1 Å². The van der Waals surface area contributed by atoms with E-state index in [4.69, 9.17) is 16.3 Å². The van der Waals surface area contributed by atoms with E-state index in [0.717, 1.165) is 28.5 Å². The van der Waals surface area contributed by atoms with Crippen LogP contribution in [0.1, 0.15) is 22.3 Å². The van der Waals surface area contributed by atoms with Crippen molar-refractivity contribution in [1.82, 2.24) is 4.90 Å². The summed E-state index contributed by atoms with van der Waals surface area (Å²) >= 11 is 7.24. The molecule has 178 valence electrons. The molecule has 0 aromatic heterocycles. The zero-order chi connectivity index (χ0) is 24.9. The number of halogens is 1. The molecule has 0 spiro atoms.